The van der Waals surface area contributed by atoms with Crippen LogP contribution in [0.5, 0.6) is 5.75 Å². The normalized spacial score (nSPS) is 36.4. The maximum absolute atomic E-state index is 13.3. The Hall–Kier alpha value is -2.12. The monoisotopic (exact) mass is 428 g/mol. The van der Waals surface area contributed by atoms with E-state index in [4.69, 9.17) is 14.2 Å². The van der Waals surface area contributed by atoms with Gasteiger partial charge in [-0.25, -0.2) is 0 Å². The second kappa shape index (κ2) is 8.43. The minimum Gasteiger partial charge on any atom is -0.493 e. The predicted molar refractivity (Wildman–Crippen MR) is 114 cm³/mol. The van der Waals surface area contributed by atoms with Crippen LogP contribution in [-0.2, 0) is 19.1 Å². The molecule has 2 unspecified atom stereocenters. The van der Waals surface area contributed by atoms with Gasteiger partial charge >= 0.3 is 0 Å². The highest BCUT2D eigenvalue weighted by molar-refractivity contribution is 5.81. The molecule has 1 spiro atoms. The summed E-state index contributed by atoms with van der Waals surface area (Å²) in [6, 6.07) is 8.00. The van der Waals surface area contributed by atoms with Crippen LogP contribution < -0.4 is 10.1 Å². The van der Waals surface area contributed by atoms with E-state index in [-0.39, 0.29) is 36.6 Å². The molecule has 3 atom stereocenters. The summed E-state index contributed by atoms with van der Waals surface area (Å²) < 4.78 is 18.2. The first-order valence-corrected chi connectivity index (χ1v) is 11.6. The molecule has 168 valence electrons. The molecule has 1 N–H and O–H groups in total. The van der Waals surface area contributed by atoms with E-state index in [0.29, 0.717) is 38.6 Å². The third-order valence-electron chi connectivity index (χ3n) is 7.47. The first-order valence-electron chi connectivity index (χ1n) is 11.6. The summed E-state index contributed by atoms with van der Waals surface area (Å²) in [5.74, 6) is 1.28. The van der Waals surface area contributed by atoms with Crippen LogP contribution in [0.1, 0.15) is 56.9 Å². The Labute approximate surface area is 183 Å². The number of rotatable bonds is 0. The van der Waals surface area contributed by atoms with Gasteiger partial charge in [-0.2, -0.15) is 0 Å². The standard InChI is InChI=1S/C24H32N2O5/c1-16-12-24(15-29-14-22(27)25-24)21-13-31-18-8-6-17(7-9-18)19-4-2-3-5-20(19)30-11-10-23(28)26(16)21/h2-5,16-18,21H,6-15H2,1H3,(H,25,27)/t16-,17-,18+,21?,24?/m1/s1. The van der Waals surface area contributed by atoms with Gasteiger partial charge in [0.2, 0.25) is 11.8 Å². The van der Waals surface area contributed by atoms with Crippen molar-refractivity contribution in [3.8, 4) is 5.75 Å². The number of benzene rings is 1. The number of amides is 2. The third-order valence-corrected chi connectivity index (χ3v) is 7.47. The topological polar surface area (TPSA) is 77.1 Å². The van der Waals surface area contributed by atoms with Crippen LogP contribution in [-0.4, -0.2) is 66.9 Å². The highest BCUT2D eigenvalue weighted by Crippen LogP contribution is 2.40. The predicted octanol–water partition coefficient (Wildman–Crippen LogP) is 2.39. The van der Waals surface area contributed by atoms with Crippen molar-refractivity contribution < 1.29 is 23.8 Å². The summed E-state index contributed by atoms with van der Waals surface area (Å²) in [5.41, 5.74) is 0.672. The van der Waals surface area contributed by atoms with E-state index in [1.807, 2.05) is 24.0 Å². The summed E-state index contributed by atoms with van der Waals surface area (Å²) in [4.78, 5) is 27.4. The Balaban J connectivity index is 1.43. The second-order valence-electron chi connectivity index (χ2n) is 9.51. The minimum absolute atomic E-state index is 0.000900. The van der Waals surface area contributed by atoms with Gasteiger partial charge in [-0.15, -0.1) is 0 Å². The van der Waals surface area contributed by atoms with Crippen molar-refractivity contribution >= 4 is 11.8 Å². The van der Waals surface area contributed by atoms with Crippen molar-refractivity contribution in [2.45, 2.75) is 75.1 Å². The molecule has 6 rings (SSSR count). The van der Waals surface area contributed by atoms with Crippen molar-refractivity contribution in [3.63, 3.8) is 0 Å². The van der Waals surface area contributed by atoms with Crippen LogP contribution in [0.3, 0.4) is 0 Å². The number of nitrogens with zero attached hydrogens (tertiary/aromatic N) is 1. The maximum atomic E-state index is 13.3. The highest BCUT2D eigenvalue weighted by atomic mass is 16.5. The molecular formula is C24H32N2O5. The van der Waals surface area contributed by atoms with Gasteiger partial charge in [-0.1, -0.05) is 18.2 Å². The van der Waals surface area contributed by atoms with Crippen molar-refractivity contribution in [2.75, 3.05) is 26.4 Å². The molecule has 2 saturated heterocycles. The number of fused-ring (bicyclic) bond motifs is 6. The number of hydrogen-bond acceptors (Lipinski definition) is 5. The minimum atomic E-state index is -0.577. The number of hydrogen-bond donors (Lipinski definition) is 1. The van der Waals surface area contributed by atoms with Gasteiger partial charge in [0, 0.05) is 6.04 Å². The number of ether oxygens (including phenoxy) is 3. The Morgan fingerprint density at radius 3 is 2.74 bits per heavy atom. The lowest BCUT2D eigenvalue weighted by Gasteiger charge is -2.42. The quantitative estimate of drug-likeness (QED) is 0.687. The summed E-state index contributed by atoms with van der Waals surface area (Å²) in [5, 5.41) is 3.16. The lowest BCUT2D eigenvalue weighted by molar-refractivity contribution is -0.144. The molecule has 7 heteroatoms. The molecule has 1 aromatic rings. The first kappa shape index (κ1) is 20.8. The number of para-hydroxylation sites is 1. The number of morpholine rings is 1. The van der Waals surface area contributed by atoms with E-state index in [0.717, 1.165) is 31.4 Å². The van der Waals surface area contributed by atoms with Crippen LogP contribution in [0.2, 0.25) is 0 Å². The molecule has 1 aromatic carbocycles. The average molecular weight is 429 g/mol. The molecule has 4 heterocycles. The average Bonchev–Trinajstić information content (AvgIpc) is 3.02. The van der Waals surface area contributed by atoms with Gasteiger partial charge in [-0.3, -0.25) is 9.59 Å². The fraction of sp³-hybridized carbons (Fsp3) is 0.667. The largest absolute Gasteiger partial charge is 0.493 e. The molecule has 7 nitrogen and oxygen atoms in total. The number of carbonyl (C=O) groups is 2. The zero-order valence-electron chi connectivity index (χ0n) is 18.2. The Morgan fingerprint density at radius 2 is 1.94 bits per heavy atom. The molecular weight excluding hydrogens is 396 g/mol. The van der Waals surface area contributed by atoms with Gasteiger partial charge in [0.05, 0.1) is 43.9 Å². The van der Waals surface area contributed by atoms with Crippen LogP contribution in [0.4, 0.5) is 0 Å². The zero-order chi connectivity index (χ0) is 21.4. The van der Waals surface area contributed by atoms with E-state index < -0.39 is 5.54 Å². The Kier molecular flexibility index (Phi) is 5.65. The molecule has 0 radical (unpaired) electrons. The summed E-state index contributed by atoms with van der Waals surface area (Å²) in [7, 11) is 0. The van der Waals surface area contributed by atoms with Crippen molar-refractivity contribution in [2.24, 2.45) is 0 Å². The van der Waals surface area contributed by atoms with Crippen LogP contribution in [0, 0.1) is 0 Å². The molecule has 31 heavy (non-hydrogen) atoms. The molecule has 4 aliphatic heterocycles. The van der Waals surface area contributed by atoms with E-state index in [1.54, 1.807) is 0 Å². The Morgan fingerprint density at radius 1 is 1.13 bits per heavy atom. The van der Waals surface area contributed by atoms with Gasteiger partial charge < -0.3 is 24.4 Å². The maximum Gasteiger partial charge on any atom is 0.246 e. The lowest BCUT2D eigenvalue weighted by Crippen LogP contribution is -2.65. The first-order chi connectivity index (χ1) is 15.1. The fourth-order valence-electron chi connectivity index (χ4n) is 6.05. The van der Waals surface area contributed by atoms with Crippen molar-refractivity contribution in [3.05, 3.63) is 29.8 Å². The van der Waals surface area contributed by atoms with E-state index in [1.165, 1.54) is 5.56 Å². The molecule has 2 amide bonds. The molecule has 5 aliphatic rings. The van der Waals surface area contributed by atoms with Gasteiger partial charge in [0.15, 0.2) is 0 Å². The van der Waals surface area contributed by atoms with Gasteiger partial charge in [0.1, 0.15) is 12.4 Å². The third kappa shape index (κ3) is 3.94. The molecule has 3 fully saturated rings. The van der Waals surface area contributed by atoms with Crippen LogP contribution >= 0.6 is 0 Å². The summed E-state index contributed by atoms with van der Waals surface area (Å²) >= 11 is 0. The molecule has 0 aromatic heterocycles. The summed E-state index contributed by atoms with van der Waals surface area (Å²) in [6.45, 7) is 3.31. The second-order valence-corrected chi connectivity index (χ2v) is 9.51. The molecule has 1 aliphatic carbocycles. The van der Waals surface area contributed by atoms with E-state index >= 15 is 0 Å². The fourth-order valence-corrected chi connectivity index (χ4v) is 6.05. The lowest BCUT2D eigenvalue weighted by atomic mass is 9.82. The number of nitrogens with one attached hydrogen (secondary N) is 1. The Bertz CT molecular complexity index is 837. The van der Waals surface area contributed by atoms with E-state index in [2.05, 4.69) is 17.4 Å². The summed E-state index contributed by atoms with van der Waals surface area (Å²) in [6.07, 6.45) is 5.27. The SMILES string of the molecule is C[C@@H]1CC2(COCC(=O)N2)C2CO[C@H]3CC[C@H](CC3)c3ccccc3OCCC(=O)N21. The smallest absolute Gasteiger partial charge is 0.246 e. The van der Waals surface area contributed by atoms with Crippen LogP contribution in [0.25, 0.3) is 0 Å². The van der Waals surface area contributed by atoms with Gasteiger partial charge in [0.25, 0.3) is 0 Å². The molecule has 1 saturated carbocycles. The van der Waals surface area contributed by atoms with Crippen molar-refractivity contribution in [1.82, 2.24) is 10.2 Å². The number of carbonyl (C=O) groups excluding carboxylic acids is 2. The zero-order valence-corrected chi connectivity index (χ0v) is 18.2. The molecule has 2 bridgehead atoms. The van der Waals surface area contributed by atoms with Crippen LogP contribution in [0.15, 0.2) is 24.3 Å². The van der Waals surface area contributed by atoms with Gasteiger partial charge in [-0.05, 0) is 56.6 Å². The van der Waals surface area contributed by atoms with Crippen molar-refractivity contribution in [1.29, 1.82) is 0 Å². The highest BCUT2D eigenvalue weighted by Gasteiger charge is 2.55. The van der Waals surface area contributed by atoms with E-state index in [9.17, 15) is 9.59 Å².